The van der Waals surface area contributed by atoms with Gasteiger partial charge in [-0.1, -0.05) is 0 Å². The number of aliphatic carboxylic acids is 1. The molecule has 0 bridgehead atoms. The molecule has 0 saturated carbocycles. The molecule has 6 nitrogen and oxygen atoms in total. The Morgan fingerprint density at radius 2 is 1.47 bits per heavy atom. The van der Waals surface area contributed by atoms with Gasteiger partial charge in [0.05, 0.1) is 12.2 Å². The number of hydrogen-bond donors (Lipinski definition) is 1. The maximum absolute atomic E-state index is 11.2. The number of rotatable bonds is 7. The van der Waals surface area contributed by atoms with Crippen LogP contribution in [0.1, 0.15) is 27.7 Å². The molecule has 0 spiro atoms. The van der Waals surface area contributed by atoms with Crippen LogP contribution in [0.15, 0.2) is 12.2 Å². The topological polar surface area (TPSA) is 82.1 Å². The zero-order valence-corrected chi connectivity index (χ0v) is 10.4. The summed E-state index contributed by atoms with van der Waals surface area (Å²) in [7, 11) is 0. The minimum Gasteiger partial charge on any atom is -0.478 e. The van der Waals surface area contributed by atoms with Crippen LogP contribution in [0.2, 0.25) is 0 Å². The number of carboxylic acids is 1. The van der Waals surface area contributed by atoms with E-state index in [1.54, 1.807) is 27.7 Å². The number of carbonyl (C=O) groups is 2. The molecule has 98 valence electrons. The second kappa shape index (κ2) is 7.81. The normalized spacial score (nSPS) is 11.7. The Balaban J connectivity index is 4.31. The molecule has 0 aromatic rings. The van der Waals surface area contributed by atoms with E-state index in [2.05, 4.69) is 0 Å². The molecule has 0 aliphatic heterocycles. The highest BCUT2D eigenvalue weighted by Crippen LogP contribution is 2.06. The van der Waals surface area contributed by atoms with Crippen molar-refractivity contribution in [2.75, 3.05) is 0 Å². The third kappa shape index (κ3) is 9.52. The highest BCUT2D eigenvalue weighted by molar-refractivity contribution is 5.90. The molecule has 0 fully saturated rings. The lowest BCUT2D eigenvalue weighted by Crippen LogP contribution is -2.29. The van der Waals surface area contributed by atoms with Gasteiger partial charge in [-0.3, -0.25) is 0 Å². The van der Waals surface area contributed by atoms with Gasteiger partial charge in [0.2, 0.25) is 0 Å². The van der Waals surface area contributed by atoms with Gasteiger partial charge in [0.15, 0.2) is 0 Å². The van der Waals surface area contributed by atoms with Crippen molar-refractivity contribution in [3.8, 4) is 0 Å². The minimum atomic E-state index is -1.23. The number of carbonyl (C=O) groups excluding carboxylic acids is 1. The van der Waals surface area contributed by atoms with Gasteiger partial charge in [-0.2, -0.15) is 0 Å². The summed E-state index contributed by atoms with van der Waals surface area (Å²) in [4.78, 5) is 21.4. The van der Waals surface area contributed by atoms with Crippen LogP contribution in [0.25, 0.3) is 0 Å². The fourth-order valence-corrected chi connectivity index (χ4v) is 0.806. The molecule has 0 aromatic heterocycles. The van der Waals surface area contributed by atoms with Gasteiger partial charge in [0.25, 0.3) is 0 Å². The summed E-state index contributed by atoms with van der Waals surface area (Å²) >= 11 is 0. The van der Waals surface area contributed by atoms with Gasteiger partial charge in [0, 0.05) is 12.2 Å². The Bertz CT molecular complexity index is 272. The van der Waals surface area contributed by atoms with E-state index >= 15 is 0 Å². The third-order valence-corrected chi connectivity index (χ3v) is 1.34. The van der Waals surface area contributed by atoms with Gasteiger partial charge in [-0.25, -0.2) is 9.59 Å². The Morgan fingerprint density at radius 1 is 1.00 bits per heavy atom. The van der Waals surface area contributed by atoms with Gasteiger partial charge < -0.3 is 19.3 Å². The Morgan fingerprint density at radius 3 is 1.82 bits per heavy atom. The highest BCUT2D eigenvalue weighted by Gasteiger charge is 2.17. The van der Waals surface area contributed by atoms with Crippen molar-refractivity contribution in [2.24, 2.45) is 0 Å². The first kappa shape index (κ1) is 15.6. The van der Waals surface area contributed by atoms with E-state index in [1.165, 1.54) is 0 Å². The molecule has 6 heteroatoms. The summed E-state index contributed by atoms with van der Waals surface area (Å²) in [6.45, 7) is 5.91. The summed E-state index contributed by atoms with van der Waals surface area (Å²) in [6.07, 6.45) is 1.11. The first-order chi connectivity index (χ1) is 7.81. The quantitative estimate of drug-likeness (QED) is 0.414. The molecule has 0 aliphatic rings. The molecule has 0 aliphatic carbocycles. The van der Waals surface area contributed by atoms with Gasteiger partial charge in [-0.05, 0) is 27.7 Å². The summed E-state index contributed by atoms with van der Waals surface area (Å²) in [6, 6.07) is 0. The van der Waals surface area contributed by atoms with E-state index in [0.29, 0.717) is 6.08 Å². The molecule has 0 atom stereocenters. The van der Waals surface area contributed by atoms with Crippen molar-refractivity contribution in [3.63, 3.8) is 0 Å². The molecule has 0 saturated heterocycles. The predicted molar refractivity (Wildman–Crippen MR) is 59.1 cm³/mol. The molecule has 0 rings (SSSR count). The summed E-state index contributed by atoms with van der Waals surface area (Å²) in [5, 5.41) is 8.33. The second-order valence-corrected chi connectivity index (χ2v) is 3.77. The number of esters is 1. The van der Waals surface area contributed by atoms with Crippen molar-refractivity contribution < 1.29 is 28.9 Å². The molecule has 0 heterocycles. The first-order valence-corrected chi connectivity index (χ1v) is 5.23. The van der Waals surface area contributed by atoms with Crippen LogP contribution in [0, 0.1) is 0 Å². The summed E-state index contributed by atoms with van der Waals surface area (Å²) in [5.74, 6) is -2.06. The van der Waals surface area contributed by atoms with E-state index in [1.807, 2.05) is 0 Å². The fourth-order valence-electron chi connectivity index (χ4n) is 0.806. The Kier molecular flexibility index (Phi) is 7.16. The molecule has 0 amide bonds. The SMILES string of the molecule is CC(C)OC(OC(=O)/C=C/C(=O)O)OC(C)C. The number of hydrogen-bond acceptors (Lipinski definition) is 5. The molecule has 17 heavy (non-hydrogen) atoms. The first-order valence-electron chi connectivity index (χ1n) is 5.23. The Labute approximate surface area is 100 Å². The largest absolute Gasteiger partial charge is 0.478 e. The van der Waals surface area contributed by atoms with E-state index in [0.717, 1.165) is 6.08 Å². The van der Waals surface area contributed by atoms with Crippen LogP contribution in [0.5, 0.6) is 0 Å². The van der Waals surface area contributed by atoms with Gasteiger partial charge in [-0.15, -0.1) is 0 Å². The van der Waals surface area contributed by atoms with Crippen molar-refractivity contribution in [2.45, 2.75) is 46.4 Å². The average Bonchev–Trinajstić information content (AvgIpc) is 2.12. The second-order valence-electron chi connectivity index (χ2n) is 3.77. The Hall–Kier alpha value is -1.40. The molecule has 0 radical (unpaired) electrons. The average molecular weight is 246 g/mol. The lowest BCUT2D eigenvalue weighted by atomic mass is 10.5. The maximum Gasteiger partial charge on any atom is 0.335 e. The molecular weight excluding hydrogens is 228 g/mol. The van der Waals surface area contributed by atoms with Crippen LogP contribution in [-0.4, -0.2) is 35.7 Å². The third-order valence-electron chi connectivity index (χ3n) is 1.34. The van der Waals surface area contributed by atoms with Crippen molar-refractivity contribution in [1.82, 2.24) is 0 Å². The molecular formula is C11H18O6. The van der Waals surface area contributed by atoms with Gasteiger partial charge >= 0.3 is 18.4 Å². The van der Waals surface area contributed by atoms with Crippen LogP contribution >= 0.6 is 0 Å². The molecule has 0 unspecified atom stereocenters. The van der Waals surface area contributed by atoms with E-state index in [9.17, 15) is 9.59 Å². The molecule has 0 aromatic carbocycles. The smallest absolute Gasteiger partial charge is 0.335 e. The van der Waals surface area contributed by atoms with Crippen molar-refractivity contribution >= 4 is 11.9 Å². The monoisotopic (exact) mass is 246 g/mol. The standard InChI is InChI=1S/C11H18O6/c1-7(2)15-11(16-8(3)4)17-10(14)6-5-9(12)13/h5-8,11H,1-4H3,(H,12,13)/b6-5+. The fraction of sp³-hybridized carbons (Fsp3) is 0.636. The summed E-state index contributed by atoms with van der Waals surface area (Å²) in [5.41, 5.74) is 0. The number of ether oxygens (including phenoxy) is 3. The zero-order valence-electron chi connectivity index (χ0n) is 10.4. The predicted octanol–water partition coefficient (Wildman–Crippen LogP) is 1.30. The molecule has 1 N–H and O–H groups in total. The van der Waals surface area contributed by atoms with Crippen LogP contribution in [0.4, 0.5) is 0 Å². The summed E-state index contributed by atoms with van der Waals surface area (Å²) < 4.78 is 15.2. The zero-order chi connectivity index (χ0) is 13.4. The van der Waals surface area contributed by atoms with Gasteiger partial charge in [0.1, 0.15) is 0 Å². The van der Waals surface area contributed by atoms with Crippen LogP contribution < -0.4 is 0 Å². The highest BCUT2D eigenvalue weighted by atomic mass is 16.9. The van der Waals surface area contributed by atoms with Crippen molar-refractivity contribution in [3.05, 3.63) is 12.2 Å². The van der Waals surface area contributed by atoms with E-state index < -0.39 is 18.4 Å². The minimum absolute atomic E-state index is 0.185. The lowest BCUT2D eigenvalue weighted by molar-refractivity contribution is -0.295. The van der Waals surface area contributed by atoms with E-state index in [4.69, 9.17) is 19.3 Å². The number of carboxylic acid groups (broad SMARTS) is 1. The van der Waals surface area contributed by atoms with Crippen LogP contribution in [0.3, 0.4) is 0 Å². The lowest BCUT2D eigenvalue weighted by Gasteiger charge is -2.21. The van der Waals surface area contributed by atoms with Crippen molar-refractivity contribution in [1.29, 1.82) is 0 Å². The maximum atomic E-state index is 11.2. The van der Waals surface area contributed by atoms with Crippen LogP contribution in [-0.2, 0) is 23.8 Å². The van der Waals surface area contributed by atoms with E-state index in [-0.39, 0.29) is 12.2 Å².